The maximum absolute atomic E-state index is 14.5. The van der Waals surface area contributed by atoms with Gasteiger partial charge in [0.1, 0.15) is 16.8 Å². The molecule has 4 heterocycles. The number of alkyl halides is 3. The summed E-state index contributed by atoms with van der Waals surface area (Å²) in [6.07, 6.45) is 7.21. The average Bonchev–Trinajstić information content (AvgIpc) is 3.56. The van der Waals surface area contributed by atoms with Gasteiger partial charge in [-0.2, -0.15) is 13.2 Å². The molecular formula is C57H66ClF3N10O7S3. The Hall–Kier alpha value is -6.08. The summed E-state index contributed by atoms with van der Waals surface area (Å²) in [6.45, 7) is 12.1. The number of aromatic nitrogens is 2. The van der Waals surface area contributed by atoms with Gasteiger partial charge >= 0.3 is 5.51 Å². The molecule has 9 rings (SSSR count). The number of allylic oxidation sites excluding steroid dienone is 1. The zero-order valence-corrected chi connectivity index (χ0v) is 48.3. The second kappa shape index (κ2) is 25.6. The van der Waals surface area contributed by atoms with Crippen LogP contribution in [0.2, 0.25) is 5.02 Å². The van der Waals surface area contributed by atoms with Crippen molar-refractivity contribution in [1.29, 1.82) is 0 Å². The molecule has 1 unspecified atom stereocenters. The number of hydrogen-bond acceptors (Lipinski definition) is 16. The summed E-state index contributed by atoms with van der Waals surface area (Å²) in [6, 6.07) is 25.0. The van der Waals surface area contributed by atoms with Crippen molar-refractivity contribution >= 4 is 83.7 Å². The van der Waals surface area contributed by atoms with Crippen LogP contribution in [0.3, 0.4) is 0 Å². The second-order valence-corrected chi connectivity index (χ2v) is 26.8. The molecule has 4 N–H and O–H groups in total. The molecule has 1 aromatic heterocycles. The van der Waals surface area contributed by atoms with Gasteiger partial charge in [-0.25, -0.2) is 26.5 Å². The van der Waals surface area contributed by atoms with Crippen LogP contribution in [0.4, 0.5) is 30.4 Å². The van der Waals surface area contributed by atoms with Gasteiger partial charge in [-0.05, 0) is 115 Å². The predicted octanol–water partition coefficient (Wildman–Crippen LogP) is 8.33. The molecule has 0 saturated carbocycles. The number of nitrogens with one attached hydrogen (secondary N) is 4. The van der Waals surface area contributed by atoms with E-state index in [4.69, 9.17) is 11.6 Å². The number of anilines is 3. The van der Waals surface area contributed by atoms with Crippen molar-refractivity contribution in [3.8, 4) is 0 Å². The second-order valence-electron chi connectivity index (χ2n) is 21.7. The first-order chi connectivity index (χ1) is 38.6. The number of sulfonamides is 1. The zero-order chi connectivity index (χ0) is 57.5. The van der Waals surface area contributed by atoms with Crippen molar-refractivity contribution in [2.45, 2.75) is 91.2 Å². The first-order valence-corrected chi connectivity index (χ1v) is 31.3. The van der Waals surface area contributed by atoms with Crippen molar-refractivity contribution in [1.82, 2.24) is 34.7 Å². The summed E-state index contributed by atoms with van der Waals surface area (Å²) >= 11 is 7.63. The number of carbonyl (C=O) groups excluding carboxylic acids is 3. The maximum Gasteiger partial charge on any atom is 0.501 e. The normalized spacial score (nSPS) is 19.2. The number of imide groups is 1. The molecule has 432 valence electrons. The van der Waals surface area contributed by atoms with Gasteiger partial charge in [0.05, 0.1) is 22.5 Å². The molecule has 3 aliphatic heterocycles. The zero-order valence-electron chi connectivity index (χ0n) is 45.1. The fourth-order valence-electron chi connectivity index (χ4n) is 10.6. The number of thioether (sulfide) groups is 1. The van der Waals surface area contributed by atoms with E-state index in [0.29, 0.717) is 80.5 Å². The van der Waals surface area contributed by atoms with E-state index >= 15 is 0 Å². The van der Waals surface area contributed by atoms with Crippen LogP contribution in [0.5, 0.6) is 0 Å². The number of halogens is 4. The van der Waals surface area contributed by atoms with Gasteiger partial charge in [0.2, 0.25) is 11.8 Å². The van der Waals surface area contributed by atoms with Crippen molar-refractivity contribution in [2.24, 2.45) is 5.41 Å². The number of piperidine rings is 1. The molecule has 3 fully saturated rings. The highest BCUT2D eigenvalue weighted by Gasteiger charge is 2.48. The van der Waals surface area contributed by atoms with Gasteiger partial charge in [-0.15, -0.1) is 11.8 Å². The molecule has 0 radical (unpaired) electrons. The number of hydrogen-bond donors (Lipinski definition) is 4. The average molecular weight is 1190 g/mol. The maximum atomic E-state index is 14.5. The van der Waals surface area contributed by atoms with Crippen molar-refractivity contribution in [2.75, 3.05) is 86.7 Å². The van der Waals surface area contributed by atoms with Gasteiger partial charge in [0.15, 0.2) is 0 Å². The molecule has 4 aliphatic rings. The Labute approximate surface area is 480 Å². The van der Waals surface area contributed by atoms with E-state index < -0.39 is 64.7 Å². The van der Waals surface area contributed by atoms with E-state index in [-0.39, 0.29) is 23.3 Å². The molecule has 3 saturated heterocycles. The first kappa shape index (κ1) is 59.5. The standard InChI is InChI=1S/C57H66ClF3N10O7S3/c1-56(2)22-20-48(39-8-12-42(58)13-9-39)41(33-56)36-69-28-30-71(31-29-69)45-14-10-40(11-15-45)54(73)67-81(77,78)47-16-17-49(51(32-47)80(75,76)57(59,60)61)63-43(38-79-46-6-4-3-5-7-46)21-23-68-24-26-70(27-25-68)37-44-34-62-35-52(64-44)65-50-18-19-53(72)66-55(50)74/h3-17,32,34-35,43,50,63H,18-31,33,36-38H2,1-2H3,(H,64,65)(H,67,73)(H,66,72,74)/t43-,50?/m1/s1. The van der Waals surface area contributed by atoms with Crippen LogP contribution in [0.1, 0.15) is 74.0 Å². The molecule has 1 aliphatic carbocycles. The topological polar surface area (TPSA) is 206 Å². The van der Waals surface area contributed by atoms with Crippen molar-refractivity contribution in [3.05, 3.63) is 137 Å². The number of piperazine rings is 2. The summed E-state index contributed by atoms with van der Waals surface area (Å²) in [5.74, 6) is -1.05. The van der Waals surface area contributed by atoms with Gasteiger partial charge in [-0.3, -0.25) is 34.5 Å². The van der Waals surface area contributed by atoms with E-state index in [1.807, 2.05) is 47.2 Å². The highest BCUT2D eigenvalue weighted by Crippen LogP contribution is 2.43. The van der Waals surface area contributed by atoms with Crippen LogP contribution in [0, 0.1) is 5.41 Å². The van der Waals surface area contributed by atoms with Crippen LogP contribution in [-0.4, -0.2) is 148 Å². The van der Waals surface area contributed by atoms with Gasteiger partial charge in [0, 0.05) is 118 Å². The van der Waals surface area contributed by atoms with Crippen LogP contribution >= 0.6 is 23.4 Å². The lowest BCUT2D eigenvalue weighted by Crippen LogP contribution is -2.47. The Morgan fingerprint density at radius 2 is 1.52 bits per heavy atom. The van der Waals surface area contributed by atoms with E-state index in [2.05, 4.69) is 71.5 Å². The molecule has 5 aromatic rings. The molecule has 0 bridgehead atoms. The third-order valence-electron chi connectivity index (χ3n) is 15.2. The molecule has 17 nitrogen and oxygen atoms in total. The summed E-state index contributed by atoms with van der Waals surface area (Å²) in [5.41, 5.74) is -0.517. The Morgan fingerprint density at radius 3 is 2.21 bits per heavy atom. The molecular weight excluding hydrogens is 1130 g/mol. The fraction of sp³-hybridized carbons (Fsp3) is 0.421. The largest absolute Gasteiger partial charge is 0.501 e. The minimum Gasteiger partial charge on any atom is -0.380 e. The molecule has 81 heavy (non-hydrogen) atoms. The molecule has 3 amide bonds. The lowest BCUT2D eigenvalue weighted by Gasteiger charge is -2.39. The Bertz CT molecular complexity index is 3330. The van der Waals surface area contributed by atoms with Crippen molar-refractivity contribution < 1.29 is 44.4 Å². The Morgan fingerprint density at radius 1 is 0.840 bits per heavy atom. The van der Waals surface area contributed by atoms with E-state index in [1.165, 1.54) is 46.8 Å². The third kappa shape index (κ3) is 15.5. The van der Waals surface area contributed by atoms with Crippen LogP contribution in [0.15, 0.2) is 130 Å². The number of nitrogens with zero attached hydrogens (tertiary/aromatic N) is 6. The number of carbonyl (C=O) groups is 3. The SMILES string of the molecule is CC1(C)CCC(c2ccc(Cl)cc2)=C(CN2CCN(c3ccc(C(=O)NS(=O)(=O)c4ccc(N[C@H](CCN5CCN(Cc6cncc(NC7CCC(=O)NC7=O)n6)CC5)CSc5ccccc5)c(S(=O)(=O)C(F)(F)F)c4)cc3)CC2)C1. The summed E-state index contributed by atoms with van der Waals surface area (Å²) in [4.78, 5) is 54.1. The molecule has 4 aromatic carbocycles. The highest BCUT2D eigenvalue weighted by molar-refractivity contribution is 7.99. The van der Waals surface area contributed by atoms with Crippen molar-refractivity contribution in [3.63, 3.8) is 0 Å². The lowest BCUT2D eigenvalue weighted by atomic mass is 9.73. The van der Waals surface area contributed by atoms with E-state index in [0.717, 1.165) is 74.7 Å². The number of benzene rings is 4. The lowest BCUT2D eigenvalue weighted by molar-refractivity contribution is -0.133. The number of amides is 3. The highest BCUT2D eigenvalue weighted by atomic mass is 35.5. The van der Waals surface area contributed by atoms with Crippen LogP contribution in [0.25, 0.3) is 5.57 Å². The van der Waals surface area contributed by atoms with E-state index in [1.54, 1.807) is 18.3 Å². The molecule has 0 spiro atoms. The number of rotatable bonds is 20. The fourth-order valence-corrected chi connectivity index (χ4v) is 13.8. The summed E-state index contributed by atoms with van der Waals surface area (Å²) in [5, 5.41) is 9.11. The summed E-state index contributed by atoms with van der Waals surface area (Å²) < 4.78 is 99.5. The summed E-state index contributed by atoms with van der Waals surface area (Å²) in [7, 11) is -11.0. The quantitative estimate of drug-likeness (QED) is 0.0427. The first-order valence-electron chi connectivity index (χ1n) is 26.9. The predicted molar refractivity (Wildman–Crippen MR) is 308 cm³/mol. The number of sulfone groups is 1. The third-order valence-corrected chi connectivity index (χ3v) is 19.5. The molecule has 24 heteroatoms. The van der Waals surface area contributed by atoms with Gasteiger partial charge < -0.3 is 20.4 Å². The minimum absolute atomic E-state index is 0.0233. The monoisotopic (exact) mass is 1190 g/mol. The minimum atomic E-state index is -6.13. The van der Waals surface area contributed by atoms with Crippen LogP contribution in [-0.2, 0) is 36.0 Å². The van der Waals surface area contributed by atoms with Gasteiger partial charge in [0.25, 0.3) is 25.8 Å². The Balaban J connectivity index is 0.826. The smallest absolute Gasteiger partial charge is 0.380 e. The Kier molecular flexibility index (Phi) is 18.8. The van der Waals surface area contributed by atoms with E-state index in [9.17, 15) is 44.4 Å². The molecule has 2 atom stereocenters. The van der Waals surface area contributed by atoms with Gasteiger partial charge in [-0.1, -0.05) is 61.4 Å². The van der Waals surface area contributed by atoms with Crippen LogP contribution < -0.4 is 25.6 Å².